The lowest BCUT2D eigenvalue weighted by atomic mass is 10.2. The first-order chi connectivity index (χ1) is 15.7. The molecule has 0 unspecified atom stereocenters. The summed E-state index contributed by atoms with van der Waals surface area (Å²) in [5, 5.41) is 4.88. The van der Waals surface area contributed by atoms with Crippen molar-refractivity contribution in [3.8, 4) is 0 Å². The fourth-order valence-electron chi connectivity index (χ4n) is 3.35. The highest BCUT2D eigenvalue weighted by molar-refractivity contribution is 7.10. The monoisotopic (exact) mass is 467 g/mol. The number of urea groups is 1. The summed E-state index contributed by atoms with van der Waals surface area (Å²) in [5.74, 6) is -0.482. The van der Waals surface area contributed by atoms with Gasteiger partial charge in [-0.25, -0.2) is 9.18 Å². The number of anilines is 1. The maximum absolute atomic E-state index is 13.4. The molecule has 3 rings (SSSR count). The molecular formula is C26H30FN3O2S. The van der Waals surface area contributed by atoms with E-state index in [1.807, 2.05) is 63.4 Å². The Labute approximate surface area is 198 Å². The number of aryl methyl sites for hydroxylation is 2. The first-order valence-electron chi connectivity index (χ1n) is 10.9. The van der Waals surface area contributed by atoms with E-state index in [1.165, 1.54) is 17.0 Å². The van der Waals surface area contributed by atoms with E-state index in [4.69, 9.17) is 0 Å². The number of hydrogen-bond donors (Lipinski definition) is 1. The minimum absolute atomic E-state index is 0.0546. The molecule has 3 aromatic rings. The van der Waals surface area contributed by atoms with Gasteiger partial charge in [0.05, 0.1) is 6.54 Å². The molecule has 2 aromatic carbocycles. The van der Waals surface area contributed by atoms with Crippen molar-refractivity contribution < 1.29 is 14.0 Å². The van der Waals surface area contributed by atoms with E-state index in [1.54, 1.807) is 28.4 Å². The molecule has 0 aliphatic heterocycles. The fraction of sp³-hybridized carbons (Fsp3) is 0.308. The van der Waals surface area contributed by atoms with Gasteiger partial charge in [-0.3, -0.25) is 4.79 Å². The van der Waals surface area contributed by atoms with Crippen molar-refractivity contribution in [2.45, 2.75) is 46.8 Å². The molecule has 174 valence electrons. The molecule has 0 atom stereocenters. The van der Waals surface area contributed by atoms with Gasteiger partial charge in [0.1, 0.15) is 12.4 Å². The van der Waals surface area contributed by atoms with Crippen LogP contribution >= 0.6 is 11.3 Å². The summed E-state index contributed by atoms with van der Waals surface area (Å²) in [7, 11) is 0. The Balaban J connectivity index is 1.76. The van der Waals surface area contributed by atoms with Gasteiger partial charge >= 0.3 is 6.03 Å². The minimum atomic E-state index is -0.323. The van der Waals surface area contributed by atoms with Gasteiger partial charge in [0.25, 0.3) is 0 Å². The molecular weight excluding hydrogens is 437 g/mol. The summed E-state index contributed by atoms with van der Waals surface area (Å²) in [6, 6.07) is 15.2. The average molecular weight is 468 g/mol. The van der Waals surface area contributed by atoms with Crippen LogP contribution in [0.5, 0.6) is 0 Å². The van der Waals surface area contributed by atoms with Gasteiger partial charge in [-0.2, -0.15) is 0 Å². The zero-order valence-electron chi connectivity index (χ0n) is 19.5. The highest BCUT2D eigenvalue weighted by Crippen LogP contribution is 2.20. The molecule has 1 heterocycles. The number of hydrogen-bond acceptors (Lipinski definition) is 3. The van der Waals surface area contributed by atoms with E-state index in [0.29, 0.717) is 18.8 Å². The fourth-order valence-corrected chi connectivity index (χ4v) is 4.27. The van der Waals surface area contributed by atoms with Crippen molar-refractivity contribution in [2.24, 2.45) is 0 Å². The maximum Gasteiger partial charge on any atom is 0.322 e. The van der Waals surface area contributed by atoms with Crippen LogP contribution in [0.3, 0.4) is 0 Å². The Morgan fingerprint density at radius 2 is 1.64 bits per heavy atom. The van der Waals surface area contributed by atoms with Crippen LogP contribution < -0.4 is 5.32 Å². The van der Waals surface area contributed by atoms with Crippen molar-refractivity contribution in [1.82, 2.24) is 9.80 Å². The summed E-state index contributed by atoms with van der Waals surface area (Å²) in [5.41, 5.74) is 3.74. The number of benzene rings is 2. The number of rotatable bonds is 8. The topological polar surface area (TPSA) is 52.7 Å². The zero-order chi connectivity index (χ0) is 24.0. The predicted octanol–water partition coefficient (Wildman–Crippen LogP) is 5.98. The second kappa shape index (κ2) is 11.1. The summed E-state index contributed by atoms with van der Waals surface area (Å²) in [6.45, 7) is 8.48. The molecule has 1 aromatic heterocycles. The van der Waals surface area contributed by atoms with E-state index in [9.17, 15) is 14.0 Å². The summed E-state index contributed by atoms with van der Waals surface area (Å²) in [4.78, 5) is 30.7. The lowest BCUT2D eigenvalue weighted by Gasteiger charge is -2.30. The molecule has 5 nitrogen and oxygen atoms in total. The third-order valence-electron chi connectivity index (χ3n) is 5.43. The molecule has 0 radical (unpaired) electrons. The predicted molar refractivity (Wildman–Crippen MR) is 132 cm³/mol. The zero-order valence-corrected chi connectivity index (χ0v) is 20.3. The third-order valence-corrected chi connectivity index (χ3v) is 6.44. The highest BCUT2D eigenvalue weighted by Gasteiger charge is 2.24. The van der Waals surface area contributed by atoms with Gasteiger partial charge in [0, 0.05) is 23.2 Å². The van der Waals surface area contributed by atoms with Gasteiger partial charge in [-0.15, -0.1) is 11.3 Å². The molecule has 0 aliphatic rings. The summed E-state index contributed by atoms with van der Waals surface area (Å²) >= 11 is 1.60. The smallest absolute Gasteiger partial charge is 0.322 e. The van der Waals surface area contributed by atoms with Crippen LogP contribution in [0.1, 0.15) is 35.4 Å². The number of thiophene rings is 1. The molecule has 3 amide bonds. The number of carbonyl (C=O) groups is 2. The summed E-state index contributed by atoms with van der Waals surface area (Å²) in [6.07, 6.45) is 0. The molecule has 0 fully saturated rings. The lowest BCUT2D eigenvalue weighted by Crippen LogP contribution is -2.47. The molecule has 0 aliphatic carbocycles. The Bertz CT molecular complexity index is 1080. The van der Waals surface area contributed by atoms with Crippen LogP contribution in [0, 0.1) is 19.7 Å². The molecule has 7 heteroatoms. The van der Waals surface area contributed by atoms with Gasteiger partial charge in [0.15, 0.2) is 0 Å². The lowest BCUT2D eigenvalue weighted by molar-refractivity contribution is -0.133. The van der Waals surface area contributed by atoms with Crippen LogP contribution in [0.15, 0.2) is 60.0 Å². The Kier molecular flexibility index (Phi) is 8.22. The number of carbonyl (C=O) groups excluding carboxylic acids is 2. The van der Waals surface area contributed by atoms with E-state index in [2.05, 4.69) is 5.32 Å². The number of halogens is 1. The Hall–Kier alpha value is -3.19. The van der Waals surface area contributed by atoms with Crippen LogP contribution in [-0.2, 0) is 17.9 Å². The molecule has 33 heavy (non-hydrogen) atoms. The first kappa shape index (κ1) is 24.5. The van der Waals surface area contributed by atoms with Crippen molar-refractivity contribution in [2.75, 3.05) is 11.9 Å². The van der Waals surface area contributed by atoms with Crippen molar-refractivity contribution in [1.29, 1.82) is 0 Å². The molecule has 0 bridgehead atoms. The van der Waals surface area contributed by atoms with Gasteiger partial charge in [-0.05, 0) is 74.5 Å². The summed E-state index contributed by atoms with van der Waals surface area (Å²) < 4.78 is 13.4. The molecule has 0 saturated heterocycles. The van der Waals surface area contributed by atoms with E-state index in [-0.39, 0.29) is 30.3 Å². The van der Waals surface area contributed by atoms with Crippen LogP contribution in [0.2, 0.25) is 0 Å². The molecule has 0 saturated carbocycles. The Morgan fingerprint density at radius 1 is 0.970 bits per heavy atom. The highest BCUT2D eigenvalue weighted by atomic mass is 32.1. The van der Waals surface area contributed by atoms with Gasteiger partial charge in [-0.1, -0.05) is 29.8 Å². The number of nitrogens with one attached hydrogen (secondary N) is 1. The van der Waals surface area contributed by atoms with Crippen molar-refractivity contribution >= 4 is 29.0 Å². The third kappa shape index (κ3) is 6.89. The van der Waals surface area contributed by atoms with Crippen molar-refractivity contribution in [3.63, 3.8) is 0 Å². The van der Waals surface area contributed by atoms with E-state index in [0.717, 1.165) is 21.6 Å². The normalized spacial score (nSPS) is 10.8. The van der Waals surface area contributed by atoms with Crippen molar-refractivity contribution in [3.05, 3.63) is 87.4 Å². The first-order valence-corrected chi connectivity index (χ1v) is 11.8. The minimum Gasteiger partial charge on any atom is -0.332 e. The number of nitrogens with zero attached hydrogens (tertiary/aromatic N) is 2. The van der Waals surface area contributed by atoms with E-state index >= 15 is 0 Å². The van der Waals surface area contributed by atoms with Gasteiger partial charge < -0.3 is 15.1 Å². The quantitative estimate of drug-likeness (QED) is 0.443. The van der Waals surface area contributed by atoms with E-state index < -0.39 is 0 Å². The second-order valence-corrected chi connectivity index (χ2v) is 9.42. The maximum atomic E-state index is 13.4. The largest absolute Gasteiger partial charge is 0.332 e. The second-order valence-electron chi connectivity index (χ2n) is 8.42. The van der Waals surface area contributed by atoms with Crippen LogP contribution in [-0.4, -0.2) is 34.3 Å². The Morgan fingerprint density at radius 3 is 2.21 bits per heavy atom. The van der Waals surface area contributed by atoms with Gasteiger partial charge in [0.2, 0.25) is 5.91 Å². The number of amides is 3. The average Bonchev–Trinajstić information content (AvgIpc) is 3.18. The van der Waals surface area contributed by atoms with Crippen LogP contribution in [0.4, 0.5) is 14.9 Å². The standard InChI is InChI=1S/C26H30FN3O2S/c1-18(2)30(26(32)28-23-11-5-19(3)6-12-23)17-25(31)29(16-24-20(4)13-14-33-24)15-21-7-9-22(27)10-8-21/h5-14,18H,15-17H2,1-4H3,(H,28,32). The molecule has 0 spiro atoms. The SMILES string of the molecule is Cc1ccc(NC(=O)N(CC(=O)N(Cc2ccc(F)cc2)Cc2sccc2C)C(C)C)cc1. The molecule has 1 N–H and O–H groups in total. The van der Waals surface area contributed by atoms with Crippen LogP contribution in [0.25, 0.3) is 0 Å².